The Labute approximate surface area is 125 Å². The van der Waals surface area contributed by atoms with E-state index in [9.17, 15) is 4.79 Å². The van der Waals surface area contributed by atoms with E-state index in [4.69, 9.17) is 0 Å². The molecule has 0 fully saturated rings. The molecule has 1 N–H and O–H groups in total. The molecular formula is C16H22N4O. The van der Waals surface area contributed by atoms with Gasteiger partial charge in [0, 0.05) is 31.9 Å². The van der Waals surface area contributed by atoms with E-state index in [-0.39, 0.29) is 5.91 Å². The summed E-state index contributed by atoms with van der Waals surface area (Å²) in [5, 5.41) is 4.21. The highest BCUT2D eigenvalue weighted by Gasteiger charge is 2.08. The van der Waals surface area contributed by atoms with Crippen molar-refractivity contribution < 1.29 is 4.79 Å². The van der Waals surface area contributed by atoms with Crippen LogP contribution in [-0.4, -0.2) is 40.9 Å². The molecule has 0 radical (unpaired) electrons. The lowest BCUT2D eigenvalue weighted by Gasteiger charge is -2.17. The van der Waals surface area contributed by atoms with Gasteiger partial charge in [0.15, 0.2) is 0 Å². The molecule has 1 heterocycles. The van der Waals surface area contributed by atoms with Crippen molar-refractivity contribution in [2.45, 2.75) is 26.2 Å². The molecule has 0 unspecified atom stereocenters. The number of benzene rings is 1. The second-order valence-corrected chi connectivity index (χ2v) is 5.09. The number of anilines is 1. The average Bonchev–Trinajstić information content (AvgIpc) is 2.52. The molecule has 21 heavy (non-hydrogen) atoms. The van der Waals surface area contributed by atoms with Gasteiger partial charge >= 0.3 is 0 Å². The molecule has 5 heteroatoms. The molecule has 0 spiro atoms. The summed E-state index contributed by atoms with van der Waals surface area (Å²) in [6, 6.07) is 7.84. The number of aromatic nitrogens is 2. The van der Waals surface area contributed by atoms with Crippen molar-refractivity contribution in [1.29, 1.82) is 0 Å². The Morgan fingerprint density at radius 3 is 2.90 bits per heavy atom. The number of hydrogen-bond donors (Lipinski definition) is 1. The Bertz CT molecular complexity index is 594. The lowest BCUT2D eigenvalue weighted by Crippen LogP contribution is -2.29. The number of nitrogens with one attached hydrogen (secondary N) is 1. The van der Waals surface area contributed by atoms with Crippen LogP contribution < -0.4 is 5.32 Å². The third kappa shape index (κ3) is 4.15. The summed E-state index contributed by atoms with van der Waals surface area (Å²) in [6.07, 6.45) is 4.16. The molecule has 0 saturated carbocycles. The lowest BCUT2D eigenvalue weighted by molar-refractivity contribution is -0.129. The quantitative estimate of drug-likeness (QED) is 0.850. The number of amides is 1. The fraction of sp³-hybridized carbons (Fsp3) is 0.438. The zero-order chi connectivity index (χ0) is 15.1. The maximum atomic E-state index is 12.0. The summed E-state index contributed by atoms with van der Waals surface area (Å²) < 4.78 is 0. The highest BCUT2D eigenvalue weighted by atomic mass is 16.2. The molecule has 0 aliphatic heterocycles. The summed E-state index contributed by atoms with van der Waals surface area (Å²) in [4.78, 5) is 22.2. The van der Waals surface area contributed by atoms with Crippen molar-refractivity contribution in [1.82, 2.24) is 14.9 Å². The monoisotopic (exact) mass is 286 g/mol. The molecular weight excluding hydrogens is 264 g/mol. The number of nitrogens with zero attached hydrogens (tertiary/aromatic N) is 3. The molecule has 1 amide bonds. The molecule has 1 aromatic heterocycles. The van der Waals surface area contributed by atoms with E-state index < -0.39 is 0 Å². The van der Waals surface area contributed by atoms with E-state index in [1.54, 1.807) is 11.2 Å². The van der Waals surface area contributed by atoms with Gasteiger partial charge in [-0.05, 0) is 18.6 Å². The smallest absolute Gasteiger partial charge is 0.224 e. The number of carbonyl (C=O) groups is 1. The van der Waals surface area contributed by atoms with Crippen molar-refractivity contribution in [3.8, 4) is 0 Å². The van der Waals surface area contributed by atoms with Crippen molar-refractivity contribution in [3.63, 3.8) is 0 Å². The second kappa shape index (κ2) is 7.57. The minimum Gasteiger partial charge on any atom is -0.369 e. The Kier molecular flexibility index (Phi) is 5.49. The van der Waals surface area contributed by atoms with Crippen molar-refractivity contribution in [2.75, 3.05) is 25.5 Å². The van der Waals surface area contributed by atoms with Gasteiger partial charge in [-0.2, -0.15) is 0 Å². The number of unbranched alkanes of at least 4 members (excludes halogenated alkanes) is 1. The zero-order valence-corrected chi connectivity index (χ0v) is 12.7. The van der Waals surface area contributed by atoms with E-state index >= 15 is 0 Å². The van der Waals surface area contributed by atoms with Gasteiger partial charge in [-0.1, -0.05) is 25.5 Å². The van der Waals surface area contributed by atoms with Gasteiger partial charge in [0.2, 0.25) is 5.91 Å². The predicted octanol–water partition coefficient (Wildman–Crippen LogP) is 2.69. The number of fused-ring (bicyclic) bond motifs is 1. The molecule has 2 aromatic rings. The SMILES string of the molecule is CCCCN(C)C(=O)CCNc1ncnc2ccccc12. The Hall–Kier alpha value is -2.17. The van der Waals surface area contributed by atoms with Gasteiger partial charge in [0.1, 0.15) is 12.1 Å². The van der Waals surface area contributed by atoms with Crippen LogP contribution in [0.25, 0.3) is 10.9 Å². The topological polar surface area (TPSA) is 58.1 Å². The first kappa shape index (κ1) is 15.2. The van der Waals surface area contributed by atoms with Crippen LogP contribution in [0, 0.1) is 0 Å². The first-order valence-corrected chi connectivity index (χ1v) is 7.40. The predicted molar refractivity (Wildman–Crippen MR) is 85.2 cm³/mol. The Balaban J connectivity index is 1.89. The van der Waals surface area contributed by atoms with Gasteiger partial charge < -0.3 is 10.2 Å². The molecule has 0 atom stereocenters. The van der Waals surface area contributed by atoms with Crippen LogP contribution in [-0.2, 0) is 4.79 Å². The highest BCUT2D eigenvalue weighted by Crippen LogP contribution is 2.18. The molecule has 0 aliphatic carbocycles. The van der Waals surface area contributed by atoms with Crippen molar-refractivity contribution >= 4 is 22.6 Å². The lowest BCUT2D eigenvalue weighted by atomic mass is 10.2. The number of carbonyl (C=O) groups excluding carboxylic acids is 1. The zero-order valence-electron chi connectivity index (χ0n) is 12.7. The van der Waals surface area contributed by atoms with Crippen LogP contribution in [0.5, 0.6) is 0 Å². The third-order valence-corrected chi connectivity index (χ3v) is 3.45. The maximum absolute atomic E-state index is 12.0. The first-order valence-electron chi connectivity index (χ1n) is 7.40. The normalized spacial score (nSPS) is 10.6. The van der Waals surface area contributed by atoms with Crippen LogP contribution in [0.15, 0.2) is 30.6 Å². The van der Waals surface area contributed by atoms with E-state index in [0.717, 1.165) is 36.1 Å². The average molecular weight is 286 g/mol. The largest absolute Gasteiger partial charge is 0.369 e. The van der Waals surface area contributed by atoms with Gasteiger partial charge in [-0.15, -0.1) is 0 Å². The van der Waals surface area contributed by atoms with E-state index in [1.807, 2.05) is 31.3 Å². The van der Waals surface area contributed by atoms with Crippen LogP contribution in [0.1, 0.15) is 26.2 Å². The maximum Gasteiger partial charge on any atom is 0.224 e. The fourth-order valence-corrected chi connectivity index (χ4v) is 2.14. The summed E-state index contributed by atoms with van der Waals surface area (Å²) >= 11 is 0. The molecule has 1 aromatic carbocycles. The van der Waals surface area contributed by atoms with Gasteiger partial charge in [0.25, 0.3) is 0 Å². The van der Waals surface area contributed by atoms with Crippen LogP contribution >= 0.6 is 0 Å². The van der Waals surface area contributed by atoms with Gasteiger partial charge in [-0.3, -0.25) is 4.79 Å². The van der Waals surface area contributed by atoms with Crippen molar-refractivity contribution in [3.05, 3.63) is 30.6 Å². The van der Waals surface area contributed by atoms with Gasteiger partial charge in [-0.25, -0.2) is 9.97 Å². The highest BCUT2D eigenvalue weighted by molar-refractivity contribution is 5.88. The second-order valence-electron chi connectivity index (χ2n) is 5.09. The molecule has 112 valence electrons. The first-order chi connectivity index (χ1) is 10.2. The minimum atomic E-state index is 0.161. The number of rotatable bonds is 7. The van der Waals surface area contributed by atoms with E-state index in [0.29, 0.717) is 13.0 Å². The molecule has 0 saturated heterocycles. The summed E-state index contributed by atoms with van der Waals surface area (Å²) in [6.45, 7) is 3.53. The molecule has 0 aliphatic rings. The summed E-state index contributed by atoms with van der Waals surface area (Å²) in [5.74, 6) is 0.943. The van der Waals surface area contributed by atoms with Crippen LogP contribution in [0.3, 0.4) is 0 Å². The summed E-state index contributed by atoms with van der Waals surface area (Å²) in [7, 11) is 1.86. The van der Waals surface area contributed by atoms with Crippen molar-refractivity contribution in [2.24, 2.45) is 0 Å². The van der Waals surface area contributed by atoms with Crippen LogP contribution in [0.4, 0.5) is 5.82 Å². The van der Waals surface area contributed by atoms with Gasteiger partial charge in [0.05, 0.1) is 5.52 Å². The minimum absolute atomic E-state index is 0.161. The van der Waals surface area contributed by atoms with E-state index in [1.165, 1.54) is 0 Å². The van der Waals surface area contributed by atoms with Crippen LogP contribution in [0.2, 0.25) is 0 Å². The third-order valence-electron chi connectivity index (χ3n) is 3.45. The standard InChI is InChI=1S/C16H22N4O/c1-3-4-11-20(2)15(21)9-10-17-16-13-7-5-6-8-14(13)18-12-19-16/h5-8,12H,3-4,9-11H2,1-2H3,(H,17,18,19). The Morgan fingerprint density at radius 2 is 2.10 bits per heavy atom. The molecule has 5 nitrogen and oxygen atoms in total. The van der Waals surface area contributed by atoms with E-state index in [2.05, 4.69) is 22.2 Å². The number of hydrogen-bond acceptors (Lipinski definition) is 4. The number of para-hydroxylation sites is 1. The molecule has 0 bridgehead atoms. The summed E-state index contributed by atoms with van der Waals surface area (Å²) in [5.41, 5.74) is 0.904. The molecule has 2 rings (SSSR count). The Morgan fingerprint density at radius 1 is 1.29 bits per heavy atom. The fourth-order valence-electron chi connectivity index (χ4n) is 2.14.